The quantitative estimate of drug-likeness (QED) is 0.159. The Morgan fingerprint density at radius 1 is 0.464 bits per heavy atom. The first kappa shape index (κ1) is 47.1. The first-order chi connectivity index (χ1) is 31.8. The first-order valence-electron chi connectivity index (χ1n) is 26.7. The molecule has 1 aromatic heterocycles. The zero-order valence-corrected chi connectivity index (χ0v) is 46.9. The van der Waals surface area contributed by atoms with E-state index in [-0.39, 0.29) is 50.0 Å². The van der Waals surface area contributed by atoms with E-state index < -0.39 is 0 Å². The fraction of sp³-hybridized carbons (Fsp3) is 0.508. The number of thiophene rings is 1. The fourth-order valence-corrected chi connectivity index (χ4v) is 15.1. The third-order valence-electron chi connectivity index (χ3n) is 18.9. The van der Waals surface area contributed by atoms with Crippen molar-refractivity contribution in [3.05, 3.63) is 123 Å². The highest BCUT2D eigenvalue weighted by Crippen LogP contribution is 2.57. The summed E-state index contributed by atoms with van der Waals surface area (Å²) in [4.78, 5) is 5.56. The predicted molar refractivity (Wildman–Crippen MR) is 304 cm³/mol. The molecule has 0 atom stereocenters. The fourth-order valence-electron chi connectivity index (χ4n) is 13.8. The molecule has 11 rings (SSSR count). The number of hydrogen-bond acceptors (Lipinski definition) is 3. The van der Waals surface area contributed by atoms with Crippen LogP contribution in [0, 0.1) is 6.92 Å². The molecular weight excluding hydrogens is 852 g/mol. The molecular formula is C65H81BN2S. The van der Waals surface area contributed by atoms with Crippen LogP contribution in [0.4, 0.5) is 33.4 Å². The molecule has 0 radical (unpaired) electrons. The van der Waals surface area contributed by atoms with E-state index in [0.29, 0.717) is 0 Å². The molecule has 5 aliphatic rings. The van der Waals surface area contributed by atoms with Crippen molar-refractivity contribution >= 4 is 78.0 Å². The summed E-state index contributed by atoms with van der Waals surface area (Å²) in [5.74, 6) is 0. The normalized spacial score (nSPS) is 20.9. The lowest BCUT2D eigenvalue weighted by molar-refractivity contribution is 0.331. The summed E-state index contributed by atoms with van der Waals surface area (Å²) in [6, 6.07) is 30.9. The lowest BCUT2D eigenvalue weighted by Crippen LogP contribution is -2.62. The van der Waals surface area contributed by atoms with Crippen molar-refractivity contribution in [2.45, 2.75) is 213 Å². The molecule has 2 aliphatic heterocycles. The number of fused-ring (bicyclic) bond motifs is 10. The van der Waals surface area contributed by atoms with Crippen molar-refractivity contribution in [1.29, 1.82) is 0 Å². The zero-order valence-electron chi connectivity index (χ0n) is 46.1. The first-order valence-corrected chi connectivity index (χ1v) is 27.5. The Morgan fingerprint density at radius 2 is 0.971 bits per heavy atom. The van der Waals surface area contributed by atoms with Gasteiger partial charge < -0.3 is 9.80 Å². The van der Waals surface area contributed by atoms with Crippen molar-refractivity contribution < 1.29 is 0 Å². The van der Waals surface area contributed by atoms with E-state index in [1.165, 1.54) is 125 Å². The smallest absolute Gasteiger partial charge is 0.254 e. The number of rotatable bonds is 2. The van der Waals surface area contributed by atoms with Crippen LogP contribution in [0.2, 0.25) is 0 Å². The molecule has 4 heteroatoms. The van der Waals surface area contributed by atoms with Crippen LogP contribution in [0.25, 0.3) is 10.1 Å². The van der Waals surface area contributed by atoms with Gasteiger partial charge in [-0.25, -0.2) is 0 Å². The van der Waals surface area contributed by atoms with Gasteiger partial charge in [0, 0.05) is 33.1 Å². The molecule has 3 aliphatic carbocycles. The van der Waals surface area contributed by atoms with Crippen LogP contribution in [0.3, 0.4) is 0 Å². The van der Waals surface area contributed by atoms with E-state index in [4.69, 9.17) is 0 Å². The van der Waals surface area contributed by atoms with Gasteiger partial charge in [0.1, 0.15) is 0 Å². The second kappa shape index (κ2) is 14.4. The lowest BCUT2D eigenvalue weighted by Gasteiger charge is -2.50. The number of aryl methyl sites for hydroxylation is 1. The van der Waals surface area contributed by atoms with Gasteiger partial charge >= 0.3 is 0 Å². The largest absolute Gasteiger partial charge is 0.311 e. The van der Waals surface area contributed by atoms with E-state index in [1.807, 2.05) is 11.3 Å². The molecule has 360 valence electrons. The predicted octanol–water partition coefficient (Wildman–Crippen LogP) is 16.9. The Hall–Kier alpha value is -4.28. The molecule has 0 saturated carbocycles. The third-order valence-corrected chi connectivity index (χ3v) is 20.0. The molecule has 0 amide bonds. The van der Waals surface area contributed by atoms with E-state index >= 15 is 0 Å². The van der Waals surface area contributed by atoms with E-state index in [1.54, 1.807) is 16.7 Å². The van der Waals surface area contributed by atoms with Crippen LogP contribution in [0.15, 0.2) is 72.8 Å². The summed E-state index contributed by atoms with van der Waals surface area (Å²) in [7, 11) is 0. The molecule has 2 nitrogen and oxygen atoms in total. The second-order valence-corrected chi connectivity index (χ2v) is 29.7. The third kappa shape index (κ3) is 6.89. The van der Waals surface area contributed by atoms with Gasteiger partial charge in [-0.05, 0) is 203 Å². The Balaban J connectivity index is 1.33. The van der Waals surface area contributed by atoms with Crippen molar-refractivity contribution in [2.75, 3.05) is 9.80 Å². The van der Waals surface area contributed by atoms with Gasteiger partial charge in [-0.1, -0.05) is 155 Å². The van der Waals surface area contributed by atoms with Gasteiger partial charge in [-0.2, -0.15) is 0 Å². The van der Waals surface area contributed by atoms with Crippen molar-refractivity contribution in [3.8, 4) is 0 Å². The van der Waals surface area contributed by atoms with E-state index in [0.717, 1.165) is 6.42 Å². The molecule has 0 saturated heterocycles. The summed E-state index contributed by atoms with van der Waals surface area (Å²) < 4.78 is 1.42. The maximum atomic E-state index is 2.82. The Labute approximate surface area is 421 Å². The summed E-state index contributed by atoms with van der Waals surface area (Å²) in [6.07, 6.45) is 7.15. The molecule has 3 heterocycles. The van der Waals surface area contributed by atoms with Gasteiger partial charge in [0.05, 0.1) is 5.00 Å². The summed E-state index contributed by atoms with van der Waals surface area (Å²) in [5, 5.41) is 2.84. The molecule has 0 N–H and O–H groups in total. The number of nitrogens with zero attached hydrogens (tertiary/aromatic N) is 2. The SMILES string of the molecule is Cc1cc(C(C)(C)C)ccc1N1c2cc(C(C)(C)C)cc3c2B(c2ccc4c(c2N3c2ccc3c(c2)C(C)(C)CCC3(C)C)C(C)(C)CCC4(C)C)c2c1sc1cc3c(cc21)C(C)(C)CCC3(C)C. The molecule has 5 aromatic carbocycles. The van der Waals surface area contributed by atoms with Crippen molar-refractivity contribution in [2.24, 2.45) is 0 Å². The van der Waals surface area contributed by atoms with Crippen molar-refractivity contribution in [1.82, 2.24) is 0 Å². The van der Waals surface area contributed by atoms with Gasteiger partial charge in [-0.3, -0.25) is 0 Å². The average Bonchev–Trinajstić information content (AvgIpc) is 3.62. The highest BCUT2D eigenvalue weighted by Gasteiger charge is 2.51. The second-order valence-electron chi connectivity index (χ2n) is 28.7. The molecule has 0 bridgehead atoms. The minimum absolute atomic E-state index is 0.0211. The molecule has 0 fully saturated rings. The monoisotopic (exact) mass is 933 g/mol. The van der Waals surface area contributed by atoms with Gasteiger partial charge in [-0.15, -0.1) is 11.3 Å². The van der Waals surface area contributed by atoms with Crippen LogP contribution in [-0.4, -0.2) is 6.71 Å². The summed E-state index contributed by atoms with van der Waals surface area (Å²) in [5.41, 5.74) is 24.8. The van der Waals surface area contributed by atoms with Gasteiger partial charge in [0.2, 0.25) is 0 Å². The summed E-state index contributed by atoms with van der Waals surface area (Å²) >= 11 is 2.05. The number of anilines is 6. The summed E-state index contributed by atoms with van der Waals surface area (Å²) in [6.45, 7) is 46.8. The Kier molecular flexibility index (Phi) is 9.86. The van der Waals surface area contributed by atoms with Gasteiger partial charge in [0.25, 0.3) is 6.71 Å². The topological polar surface area (TPSA) is 6.48 Å². The van der Waals surface area contributed by atoms with Gasteiger partial charge in [0.15, 0.2) is 0 Å². The van der Waals surface area contributed by atoms with Crippen LogP contribution in [0.1, 0.15) is 213 Å². The lowest BCUT2D eigenvalue weighted by atomic mass is 9.33. The molecule has 0 unspecified atom stereocenters. The maximum Gasteiger partial charge on any atom is 0.254 e. The average molecular weight is 933 g/mol. The minimum Gasteiger partial charge on any atom is -0.311 e. The highest BCUT2D eigenvalue weighted by atomic mass is 32.1. The highest BCUT2D eigenvalue weighted by molar-refractivity contribution is 7.26. The van der Waals surface area contributed by atoms with Crippen LogP contribution >= 0.6 is 11.3 Å². The maximum absolute atomic E-state index is 2.82. The standard InChI is InChI=1S/C65H81BN2S/c1-38-32-39(58(2,3)4)20-25-49(38)68-51-34-40(59(5,6)7)33-50-55(51)66(54-42-36-46-47(37-52(42)69-57(54)68)64(16,17)29-28-63(46,14)15)48-24-23-44-53(65(18,19)31-30-61(44,10)11)56(48)67(50)41-21-22-43-45(35-41)62(12,13)27-26-60(43,8)9/h20-25,32-37H,26-31H2,1-19H3. The molecule has 6 aromatic rings. The number of hydrogen-bond donors (Lipinski definition) is 0. The number of benzene rings is 5. The van der Waals surface area contributed by atoms with Crippen molar-refractivity contribution in [3.63, 3.8) is 0 Å². The molecule has 69 heavy (non-hydrogen) atoms. The Morgan fingerprint density at radius 3 is 1.55 bits per heavy atom. The van der Waals surface area contributed by atoms with Crippen LogP contribution in [-0.2, 0) is 43.3 Å². The Bertz CT molecular complexity index is 3170. The van der Waals surface area contributed by atoms with E-state index in [2.05, 4.69) is 214 Å². The van der Waals surface area contributed by atoms with Crippen LogP contribution in [0.5, 0.6) is 0 Å². The van der Waals surface area contributed by atoms with E-state index in [9.17, 15) is 0 Å². The minimum atomic E-state index is -0.0975. The zero-order chi connectivity index (χ0) is 49.7. The van der Waals surface area contributed by atoms with Crippen LogP contribution < -0.4 is 26.2 Å². The molecule has 0 spiro atoms.